The lowest BCUT2D eigenvalue weighted by molar-refractivity contribution is -0.142. The summed E-state index contributed by atoms with van der Waals surface area (Å²) in [5.41, 5.74) is 0.646. The number of carbonyl (C=O) groups is 2. The molecule has 2 amide bonds. The number of piperidine rings is 2. The number of aromatic nitrogens is 2. The summed E-state index contributed by atoms with van der Waals surface area (Å²) in [6.45, 7) is 7.24. The highest BCUT2D eigenvalue weighted by Gasteiger charge is 2.33. The van der Waals surface area contributed by atoms with Crippen molar-refractivity contribution in [3.05, 3.63) is 27.9 Å². The summed E-state index contributed by atoms with van der Waals surface area (Å²) in [7, 11) is 0. The van der Waals surface area contributed by atoms with Crippen LogP contribution in [0.4, 0.5) is 0 Å². The van der Waals surface area contributed by atoms with E-state index in [2.05, 4.69) is 4.98 Å². The van der Waals surface area contributed by atoms with E-state index in [1.165, 1.54) is 0 Å². The van der Waals surface area contributed by atoms with Gasteiger partial charge in [0.15, 0.2) is 0 Å². The fourth-order valence-electron chi connectivity index (χ4n) is 5.03. The molecule has 2 atom stereocenters. The van der Waals surface area contributed by atoms with E-state index in [1.54, 1.807) is 6.07 Å². The Morgan fingerprint density at radius 2 is 1.84 bits per heavy atom. The Morgan fingerprint density at radius 3 is 2.52 bits per heavy atom. The quantitative estimate of drug-likeness (QED) is 0.788. The molecule has 3 aliphatic rings. The van der Waals surface area contributed by atoms with Crippen LogP contribution in [-0.2, 0) is 14.3 Å². The van der Waals surface area contributed by atoms with E-state index >= 15 is 0 Å². The van der Waals surface area contributed by atoms with Crippen molar-refractivity contribution < 1.29 is 14.3 Å². The standard InChI is InChI=1S/C23H34N4O4/c1-15(2)22(29)26-10-7-16(8-11-26)21-24-18(13-20(28)25-21)17-5-3-9-27(14-17)23(30)19-6-4-12-31-19/h13,15-17,19H,3-12,14H2,1-2H3,(H,24,25,28)/t17-,19-/m0/s1. The lowest BCUT2D eigenvalue weighted by atomic mass is 9.92. The first-order valence-corrected chi connectivity index (χ1v) is 11.7. The second kappa shape index (κ2) is 9.51. The minimum Gasteiger partial charge on any atom is -0.368 e. The van der Waals surface area contributed by atoms with Crippen LogP contribution in [0.2, 0.25) is 0 Å². The number of likely N-dealkylation sites (tertiary alicyclic amines) is 2. The lowest BCUT2D eigenvalue weighted by Crippen LogP contribution is -2.44. The Bertz CT molecular complexity index is 853. The van der Waals surface area contributed by atoms with Crippen LogP contribution in [0.3, 0.4) is 0 Å². The minimum atomic E-state index is -0.305. The maximum Gasteiger partial charge on any atom is 0.251 e. The Balaban J connectivity index is 1.43. The number of nitrogens with zero attached hydrogens (tertiary/aromatic N) is 3. The van der Waals surface area contributed by atoms with Crippen molar-refractivity contribution in [1.82, 2.24) is 19.8 Å². The van der Waals surface area contributed by atoms with E-state index in [-0.39, 0.29) is 41.2 Å². The first-order valence-electron chi connectivity index (χ1n) is 11.7. The highest BCUT2D eigenvalue weighted by atomic mass is 16.5. The highest BCUT2D eigenvalue weighted by molar-refractivity contribution is 5.81. The summed E-state index contributed by atoms with van der Waals surface area (Å²) in [6.07, 6.45) is 4.87. The molecule has 31 heavy (non-hydrogen) atoms. The van der Waals surface area contributed by atoms with E-state index in [0.717, 1.165) is 56.6 Å². The number of aromatic amines is 1. The van der Waals surface area contributed by atoms with Gasteiger partial charge in [-0.15, -0.1) is 0 Å². The largest absolute Gasteiger partial charge is 0.368 e. The van der Waals surface area contributed by atoms with Gasteiger partial charge in [0.05, 0.1) is 5.69 Å². The average molecular weight is 431 g/mol. The number of hydrogen-bond acceptors (Lipinski definition) is 5. The van der Waals surface area contributed by atoms with Gasteiger partial charge in [-0.2, -0.15) is 0 Å². The number of carbonyl (C=O) groups excluding carboxylic acids is 2. The molecule has 8 nitrogen and oxygen atoms in total. The van der Waals surface area contributed by atoms with Crippen molar-refractivity contribution in [1.29, 1.82) is 0 Å². The molecule has 0 aliphatic carbocycles. The predicted octanol–water partition coefficient (Wildman–Crippen LogP) is 2.02. The fraction of sp³-hybridized carbons (Fsp3) is 0.739. The van der Waals surface area contributed by atoms with Crippen molar-refractivity contribution in [3.8, 4) is 0 Å². The van der Waals surface area contributed by atoms with Crippen molar-refractivity contribution in [2.24, 2.45) is 5.92 Å². The molecule has 4 rings (SSSR count). The van der Waals surface area contributed by atoms with Crippen molar-refractivity contribution in [2.75, 3.05) is 32.8 Å². The van der Waals surface area contributed by atoms with Gasteiger partial charge in [-0.3, -0.25) is 14.4 Å². The van der Waals surface area contributed by atoms with Crippen molar-refractivity contribution in [2.45, 2.75) is 70.3 Å². The molecule has 3 fully saturated rings. The van der Waals surface area contributed by atoms with Crippen LogP contribution < -0.4 is 5.56 Å². The van der Waals surface area contributed by atoms with Gasteiger partial charge >= 0.3 is 0 Å². The molecule has 1 N–H and O–H groups in total. The number of rotatable bonds is 4. The van der Waals surface area contributed by atoms with Crippen molar-refractivity contribution in [3.63, 3.8) is 0 Å². The molecule has 3 aliphatic heterocycles. The van der Waals surface area contributed by atoms with E-state index in [0.29, 0.717) is 26.2 Å². The molecule has 3 saturated heterocycles. The van der Waals surface area contributed by atoms with Gasteiger partial charge in [0, 0.05) is 56.6 Å². The summed E-state index contributed by atoms with van der Waals surface area (Å²) in [5, 5.41) is 0. The maximum atomic E-state index is 12.8. The van der Waals surface area contributed by atoms with Gasteiger partial charge in [-0.25, -0.2) is 4.98 Å². The SMILES string of the molecule is CC(C)C(=O)N1CCC(c2nc([C@H]3CCCN(C(=O)[C@@H]4CCCO4)C3)cc(=O)[nH]2)CC1. The smallest absolute Gasteiger partial charge is 0.251 e. The molecule has 4 heterocycles. The topological polar surface area (TPSA) is 95.6 Å². The Kier molecular flexibility index (Phi) is 6.74. The third-order valence-electron chi connectivity index (χ3n) is 6.82. The second-order valence-electron chi connectivity index (χ2n) is 9.43. The Hall–Kier alpha value is -2.22. The van der Waals surface area contributed by atoms with Gasteiger partial charge in [-0.05, 0) is 38.5 Å². The molecule has 8 heteroatoms. The first kappa shape index (κ1) is 22.0. The van der Waals surface area contributed by atoms with Crippen LogP contribution in [-0.4, -0.2) is 70.5 Å². The zero-order chi connectivity index (χ0) is 22.0. The number of ether oxygens (including phenoxy) is 1. The Labute approximate surface area is 183 Å². The number of nitrogens with one attached hydrogen (secondary N) is 1. The molecule has 0 radical (unpaired) electrons. The average Bonchev–Trinajstić information content (AvgIpc) is 3.33. The zero-order valence-corrected chi connectivity index (χ0v) is 18.6. The Morgan fingerprint density at radius 1 is 1.06 bits per heavy atom. The molecule has 0 spiro atoms. The second-order valence-corrected chi connectivity index (χ2v) is 9.43. The van der Waals surface area contributed by atoms with Crippen LogP contribution in [0.1, 0.15) is 75.7 Å². The predicted molar refractivity (Wildman–Crippen MR) is 116 cm³/mol. The van der Waals surface area contributed by atoms with Crippen LogP contribution in [0.5, 0.6) is 0 Å². The summed E-state index contributed by atoms with van der Waals surface area (Å²) in [5.74, 6) is 1.22. The first-order chi connectivity index (χ1) is 14.9. The van der Waals surface area contributed by atoms with E-state index in [9.17, 15) is 14.4 Å². The van der Waals surface area contributed by atoms with Gasteiger partial charge in [0.1, 0.15) is 11.9 Å². The zero-order valence-electron chi connectivity index (χ0n) is 18.6. The van der Waals surface area contributed by atoms with Crippen LogP contribution in [0.25, 0.3) is 0 Å². The number of H-pyrrole nitrogens is 1. The molecule has 0 bridgehead atoms. The van der Waals surface area contributed by atoms with Gasteiger partial charge in [0.25, 0.3) is 11.5 Å². The van der Waals surface area contributed by atoms with Gasteiger partial charge in [-0.1, -0.05) is 13.8 Å². The van der Waals surface area contributed by atoms with Gasteiger partial charge in [0.2, 0.25) is 5.91 Å². The highest BCUT2D eigenvalue weighted by Crippen LogP contribution is 2.30. The van der Waals surface area contributed by atoms with Gasteiger partial charge < -0.3 is 19.5 Å². The lowest BCUT2D eigenvalue weighted by Gasteiger charge is -2.34. The third kappa shape index (κ3) is 5.00. The van der Waals surface area contributed by atoms with E-state index < -0.39 is 0 Å². The molecule has 170 valence electrons. The normalized spacial score (nSPS) is 25.3. The maximum absolute atomic E-state index is 12.8. The number of amides is 2. The number of hydrogen-bond donors (Lipinski definition) is 1. The summed E-state index contributed by atoms with van der Waals surface area (Å²) < 4.78 is 5.58. The molecule has 0 aromatic carbocycles. The monoisotopic (exact) mass is 430 g/mol. The van der Waals surface area contributed by atoms with Crippen LogP contribution in [0, 0.1) is 5.92 Å². The summed E-state index contributed by atoms with van der Waals surface area (Å²) in [6, 6.07) is 1.59. The molecular weight excluding hydrogens is 396 g/mol. The summed E-state index contributed by atoms with van der Waals surface area (Å²) in [4.78, 5) is 49.0. The molecule has 1 aromatic heterocycles. The molecule has 0 saturated carbocycles. The van der Waals surface area contributed by atoms with Crippen molar-refractivity contribution >= 4 is 11.8 Å². The fourth-order valence-corrected chi connectivity index (χ4v) is 5.03. The molecule has 1 aromatic rings. The minimum absolute atomic E-state index is 0.00407. The molecular formula is C23H34N4O4. The van der Waals surface area contributed by atoms with Crippen LogP contribution in [0.15, 0.2) is 10.9 Å². The molecule has 0 unspecified atom stereocenters. The van der Waals surface area contributed by atoms with E-state index in [4.69, 9.17) is 9.72 Å². The third-order valence-corrected chi connectivity index (χ3v) is 6.82. The van der Waals surface area contributed by atoms with E-state index in [1.807, 2.05) is 23.6 Å². The summed E-state index contributed by atoms with van der Waals surface area (Å²) >= 11 is 0. The van der Waals surface area contributed by atoms with Crippen LogP contribution >= 0.6 is 0 Å².